The van der Waals surface area contributed by atoms with Gasteiger partial charge in [0, 0.05) is 23.5 Å². The molecule has 0 atom stereocenters. The maximum absolute atomic E-state index is 13.2. The third-order valence-electron chi connectivity index (χ3n) is 5.17. The van der Waals surface area contributed by atoms with E-state index in [1.54, 1.807) is 48.8 Å². The molecule has 0 radical (unpaired) electrons. The fourth-order valence-electron chi connectivity index (χ4n) is 3.56. The number of aromatic nitrogens is 6. The number of para-hydroxylation sites is 1. The number of aromatic amines is 2. The van der Waals surface area contributed by atoms with E-state index in [0.717, 1.165) is 0 Å². The fraction of sp³-hybridized carbons (Fsp3) is 0.0833. The molecule has 0 saturated heterocycles. The number of fused-ring (bicyclic) bond motifs is 1. The molecule has 0 bridgehead atoms. The summed E-state index contributed by atoms with van der Waals surface area (Å²) in [6.45, 7) is 0. The van der Waals surface area contributed by atoms with E-state index in [9.17, 15) is 14.0 Å². The number of carbonyl (C=O) groups excluding carboxylic acids is 2. The molecule has 33 heavy (non-hydrogen) atoms. The van der Waals surface area contributed by atoms with E-state index in [1.807, 2.05) is 0 Å². The zero-order valence-electron chi connectivity index (χ0n) is 17.2. The predicted molar refractivity (Wildman–Crippen MR) is 118 cm³/mol. The molecule has 5 aromatic rings. The Kier molecular flexibility index (Phi) is 5.27. The first-order chi connectivity index (χ1) is 16.1. The average Bonchev–Trinajstić information content (AvgIpc) is 3.48. The minimum atomic E-state index is -0.351. The normalized spacial score (nSPS) is 11.1. The zero-order chi connectivity index (χ0) is 22.8. The van der Waals surface area contributed by atoms with Crippen molar-refractivity contribution >= 4 is 22.6 Å². The van der Waals surface area contributed by atoms with Crippen molar-refractivity contribution in [2.75, 3.05) is 0 Å². The van der Waals surface area contributed by atoms with Crippen molar-refractivity contribution in [1.82, 2.24) is 29.9 Å². The van der Waals surface area contributed by atoms with Gasteiger partial charge in [-0.1, -0.05) is 6.07 Å². The van der Waals surface area contributed by atoms with Crippen LogP contribution in [0.4, 0.5) is 4.39 Å². The number of hydrogen-bond donors (Lipinski definition) is 2. The second kappa shape index (κ2) is 8.54. The van der Waals surface area contributed by atoms with Gasteiger partial charge in [-0.15, -0.1) is 0 Å². The SMILES string of the molecule is O=C(Cc1nc2c(C(=O)Cc3ncc[nH]3)cccc2[nH]1)c1cc(-c2ccc(F)cc2)ncn1. The number of ketones is 2. The molecule has 0 unspecified atom stereocenters. The van der Waals surface area contributed by atoms with Crippen molar-refractivity contribution in [3.63, 3.8) is 0 Å². The molecular weight excluding hydrogens is 423 g/mol. The maximum Gasteiger partial charge on any atom is 0.188 e. The molecule has 9 heteroatoms. The molecule has 2 aromatic carbocycles. The molecule has 8 nitrogen and oxygen atoms in total. The summed E-state index contributed by atoms with van der Waals surface area (Å²) in [5.74, 6) is 0.262. The number of rotatable bonds is 7. The Morgan fingerprint density at radius 3 is 2.52 bits per heavy atom. The number of benzene rings is 2. The van der Waals surface area contributed by atoms with E-state index < -0.39 is 0 Å². The minimum absolute atomic E-state index is 0.0274. The van der Waals surface area contributed by atoms with Crippen molar-refractivity contribution in [3.8, 4) is 11.3 Å². The summed E-state index contributed by atoms with van der Waals surface area (Å²) < 4.78 is 13.2. The molecule has 3 heterocycles. The van der Waals surface area contributed by atoms with E-state index >= 15 is 0 Å². The lowest BCUT2D eigenvalue weighted by Gasteiger charge is -2.03. The first-order valence-corrected chi connectivity index (χ1v) is 10.2. The molecule has 5 rings (SSSR count). The standard InChI is InChI=1S/C24H17FN6O2/c25-15-6-4-14(5-7-15)18-10-19(29-13-28-18)21(33)12-23-30-17-3-1-2-16(24(17)31-23)20(32)11-22-26-8-9-27-22/h1-10,13H,11-12H2,(H,26,27)(H,30,31). The minimum Gasteiger partial charge on any atom is -0.348 e. The Balaban J connectivity index is 1.38. The number of Topliss-reactive ketones (excluding diaryl/α,β-unsaturated/α-hetero) is 2. The van der Waals surface area contributed by atoms with Gasteiger partial charge in [0.2, 0.25) is 0 Å². The highest BCUT2D eigenvalue weighted by atomic mass is 19.1. The van der Waals surface area contributed by atoms with Crippen molar-refractivity contribution in [1.29, 1.82) is 0 Å². The number of H-pyrrole nitrogens is 2. The third-order valence-corrected chi connectivity index (χ3v) is 5.17. The highest BCUT2D eigenvalue weighted by molar-refractivity contribution is 6.07. The van der Waals surface area contributed by atoms with Crippen LogP contribution in [0.3, 0.4) is 0 Å². The van der Waals surface area contributed by atoms with Gasteiger partial charge in [0.15, 0.2) is 11.6 Å². The Morgan fingerprint density at radius 2 is 1.73 bits per heavy atom. The third kappa shape index (κ3) is 4.29. The van der Waals surface area contributed by atoms with E-state index in [1.165, 1.54) is 18.5 Å². The smallest absolute Gasteiger partial charge is 0.188 e. The van der Waals surface area contributed by atoms with Gasteiger partial charge in [-0.25, -0.2) is 24.3 Å². The summed E-state index contributed by atoms with van der Waals surface area (Å²) in [7, 11) is 0. The molecule has 0 amide bonds. The lowest BCUT2D eigenvalue weighted by Crippen LogP contribution is -2.08. The van der Waals surface area contributed by atoms with Gasteiger partial charge in [0.1, 0.15) is 29.5 Å². The van der Waals surface area contributed by atoms with E-state index in [4.69, 9.17) is 0 Å². The number of halogens is 1. The quantitative estimate of drug-likeness (QED) is 0.373. The number of hydrogen-bond acceptors (Lipinski definition) is 6. The van der Waals surface area contributed by atoms with Gasteiger partial charge in [-0.3, -0.25) is 9.59 Å². The average molecular weight is 440 g/mol. The van der Waals surface area contributed by atoms with Gasteiger partial charge < -0.3 is 9.97 Å². The number of nitrogens with zero attached hydrogens (tertiary/aromatic N) is 4. The van der Waals surface area contributed by atoms with Gasteiger partial charge >= 0.3 is 0 Å². The first kappa shape index (κ1) is 20.4. The van der Waals surface area contributed by atoms with Gasteiger partial charge in [0.05, 0.1) is 29.6 Å². The van der Waals surface area contributed by atoms with Gasteiger partial charge in [-0.05, 0) is 42.5 Å². The van der Waals surface area contributed by atoms with Gasteiger partial charge in [0.25, 0.3) is 0 Å². The number of nitrogens with one attached hydrogen (secondary N) is 2. The van der Waals surface area contributed by atoms with Crippen LogP contribution in [0, 0.1) is 5.82 Å². The second-order valence-electron chi connectivity index (χ2n) is 7.42. The molecule has 2 N–H and O–H groups in total. The van der Waals surface area contributed by atoms with E-state index in [0.29, 0.717) is 39.5 Å². The van der Waals surface area contributed by atoms with Crippen LogP contribution in [-0.2, 0) is 12.8 Å². The van der Waals surface area contributed by atoms with Crippen LogP contribution in [0.5, 0.6) is 0 Å². The lowest BCUT2D eigenvalue weighted by molar-refractivity contribution is 0.0981. The molecule has 0 aliphatic carbocycles. The van der Waals surface area contributed by atoms with E-state index in [-0.39, 0.29) is 35.9 Å². The van der Waals surface area contributed by atoms with Crippen molar-refractivity contribution in [2.45, 2.75) is 12.8 Å². The number of carbonyl (C=O) groups is 2. The van der Waals surface area contributed by atoms with Crippen LogP contribution in [0.15, 0.2) is 67.3 Å². The Labute approximate surface area is 187 Å². The number of imidazole rings is 2. The maximum atomic E-state index is 13.2. The Morgan fingerprint density at radius 1 is 0.909 bits per heavy atom. The van der Waals surface area contributed by atoms with Crippen molar-refractivity contribution in [3.05, 3.63) is 96.0 Å². The second-order valence-corrected chi connectivity index (χ2v) is 7.42. The summed E-state index contributed by atoms with van der Waals surface area (Å²) in [6.07, 6.45) is 4.66. The zero-order valence-corrected chi connectivity index (χ0v) is 17.2. The van der Waals surface area contributed by atoms with Crippen LogP contribution in [0.2, 0.25) is 0 Å². The van der Waals surface area contributed by atoms with Crippen LogP contribution in [0.25, 0.3) is 22.3 Å². The summed E-state index contributed by atoms with van der Waals surface area (Å²) >= 11 is 0. The largest absolute Gasteiger partial charge is 0.348 e. The van der Waals surface area contributed by atoms with E-state index in [2.05, 4.69) is 29.9 Å². The molecular formula is C24H17FN6O2. The van der Waals surface area contributed by atoms with Crippen LogP contribution in [-0.4, -0.2) is 41.5 Å². The molecule has 3 aromatic heterocycles. The first-order valence-electron chi connectivity index (χ1n) is 10.2. The highest BCUT2D eigenvalue weighted by Gasteiger charge is 2.18. The topological polar surface area (TPSA) is 117 Å². The Bertz CT molecular complexity index is 1460. The Hall–Kier alpha value is -4.53. The fourth-order valence-corrected chi connectivity index (χ4v) is 3.56. The summed E-state index contributed by atoms with van der Waals surface area (Å²) in [6, 6.07) is 12.7. The molecule has 0 aliphatic heterocycles. The molecule has 0 aliphatic rings. The predicted octanol–water partition coefficient (Wildman–Crippen LogP) is 3.73. The van der Waals surface area contributed by atoms with Crippen LogP contribution >= 0.6 is 0 Å². The molecule has 162 valence electrons. The van der Waals surface area contributed by atoms with Crippen molar-refractivity contribution < 1.29 is 14.0 Å². The molecule has 0 saturated carbocycles. The van der Waals surface area contributed by atoms with Gasteiger partial charge in [-0.2, -0.15) is 0 Å². The lowest BCUT2D eigenvalue weighted by atomic mass is 10.1. The van der Waals surface area contributed by atoms with Crippen LogP contribution in [0.1, 0.15) is 32.5 Å². The monoisotopic (exact) mass is 440 g/mol. The summed E-state index contributed by atoms with van der Waals surface area (Å²) in [4.78, 5) is 48.5. The molecule has 0 spiro atoms. The van der Waals surface area contributed by atoms with Crippen LogP contribution < -0.4 is 0 Å². The van der Waals surface area contributed by atoms with Crippen molar-refractivity contribution in [2.24, 2.45) is 0 Å². The highest BCUT2D eigenvalue weighted by Crippen LogP contribution is 2.20. The molecule has 0 fully saturated rings. The summed E-state index contributed by atoms with van der Waals surface area (Å²) in [5.41, 5.74) is 3.04. The summed E-state index contributed by atoms with van der Waals surface area (Å²) in [5, 5.41) is 0.